The van der Waals surface area contributed by atoms with E-state index in [1.165, 1.54) is 16.9 Å². The topological polar surface area (TPSA) is 42.4 Å². The molecular formula is C16H18N2O2S. The van der Waals surface area contributed by atoms with Gasteiger partial charge in [0.1, 0.15) is 10.7 Å². The molecule has 1 aliphatic rings. The maximum absolute atomic E-state index is 12.5. The zero-order valence-electron chi connectivity index (χ0n) is 12.2. The minimum Gasteiger partial charge on any atom is -0.375 e. The normalized spacial score (nSPS) is 18.8. The van der Waals surface area contributed by atoms with E-state index in [0.717, 1.165) is 10.6 Å². The fourth-order valence-corrected chi connectivity index (χ4v) is 3.17. The van der Waals surface area contributed by atoms with Crippen LogP contribution in [-0.4, -0.2) is 41.6 Å². The van der Waals surface area contributed by atoms with E-state index in [1.54, 1.807) is 0 Å². The number of benzene rings is 1. The zero-order valence-corrected chi connectivity index (χ0v) is 13.0. The Labute approximate surface area is 128 Å². The molecule has 21 heavy (non-hydrogen) atoms. The molecule has 110 valence electrons. The van der Waals surface area contributed by atoms with Crippen LogP contribution in [0.15, 0.2) is 29.6 Å². The van der Waals surface area contributed by atoms with Crippen LogP contribution in [0.3, 0.4) is 0 Å². The van der Waals surface area contributed by atoms with Crippen molar-refractivity contribution in [2.45, 2.75) is 20.0 Å². The average molecular weight is 302 g/mol. The van der Waals surface area contributed by atoms with Gasteiger partial charge in [-0.3, -0.25) is 4.79 Å². The van der Waals surface area contributed by atoms with Gasteiger partial charge in [0.05, 0.1) is 12.7 Å². The minimum absolute atomic E-state index is 0.000221. The molecule has 4 nitrogen and oxygen atoms in total. The molecule has 0 bridgehead atoms. The summed E-state index contributed by atoms with van der Waals surface area (Å²) in [5, 5.41) is 2.73. The number of rotatable bonds is 2. The van der Waals surface area contributed by atoms with Gasteiger partial charge in [0.25, 0.3) is 5.91 Å². The van der Waals surface area contributed by atoms with E-state index in [1.807, 2.05) is 29.3 Å². The van der Waals surface area contributed by atoms with Crippen LogP contribution in [0.4, 0.5) is 0 Å². The lowest BCUT2D eigenvalue weighted by molar-refractivity contribution is -0.0126. The van der Waals surface area contributed by atoms with Gasteiger partial charge >= 0.3 is 0 Å². The molecule has 5 heteroatoms. The van der Waals surface area contributed by atoms with Crippen molar-refractivity contribution in [3.63, 3.8) is 0 Å². The molecule has 2 aromatic rings. The van der Waals surface area contributed by atoms with Crippen molar-refractivity contribution >= 4 is 17.2 Å². The quantitative estimate of drug-likeness (QED) is 0.856. The molecule has 0 aliphatic carbocycles. The van der Waals surface area contributed by atoms with E-state index < -0.39 is 0 Å². The van der Waals surface area contributed by atoms with Gasteiger partial charge in [-0.05, 0) is 13.8 Å². The van der Waals surface area contributed by atoms with Crippen molar-refractivity contribution in [1.29, 1.82) is 0 Å². The van der Waals surface area contributed by atoms with E-state index in [9.17, 15) is 4.79 Å². The molecule has 1 atom stereocenters. The number of carbonyl (C=O) groups excluding carboxylic acids is 1. The van der Waals surface area contributed by atoms with E-state index in [4.69, 9.17) is 4.74 Å². The van der Waals surface area contributed by atoms with Gasteiger partial charge in [0.15, 0.2) is 0 Å². The number of aromatic nitrogens is 1. The molecule has 0 saturated carbocycles. The third-order valence-electron chi connectivity index (χ3n) is 3.55. The SMILES string of the molecule is Cc1ccc(-c2nc(C(=O)N3CCO[C@H](C)C3)cs2)cc1. The lowest BCUT2D eigenvalue weighted by atomic mass is 10.2. The van der Waals surface area contributed by atoms with Crippen LogP contribution in [0.25, 0.3) is 10.6 Å². The van der Waals surface area contributed by atoms with E-state index in [-0.39, 0.29) is 12.0 Å². The van der Waals surface area contributed by atoms with Crippen LogP contribution in [0.1, 0.15) is 23.0 Å². The maximum atomic E-state index is 12.5. The molecule has 2 heterocycles. The highest BCUT2D eigenvalue weighted by atomic mass is 32.1. The summed E-state index contributed by atoms with van der Waals surface area (Å²) in [4.78, 5) is 18.8. The second-order valence-corrected chi connectivity index (χ2v) is 6.19. The van der Waals surface area contributed by atoms with Crippen molar-refractivity contribution < 1.29 is 9.53 Å². The molecular weight excluding hydrogens is 284 g/mol. The third kappa shape index (κ3) is 3.14. The summed E-state index contributed by atoms with van der Waals surface area (Å²) in [6.07, 6.45) is 0.0953. The monoisotopic (exact) mass is 302 g/mol. The number of amides is 1. The first-order chi connectivity index (χ1) is 10.1. The number of ether oxygens (including phenoxy) is 1. The molecule has 0 spiro atoms. The molecule has 1 fully saturated rings. The molecule has 3 rings (SSSR count). The van der Waals surface area contributed by atoms with Crippen molar-refractivity contribution in [2.75, 3.05) is 19.7 Å². The molecule has 1 amide bonds. The summed E-state index contributed by atoms with van der Waals surface area (Å²) in [5.74, 6) is -0.000221. The number of morpholine rings is 1. The van der Waals surface area contributed by atoms with Crippen LogP contribution in [0.2, 0.25) is 0 Å². The molecule has 1 aliphatic heterocycles. The molecule has 1 aromatic heterocycles. The standard InChI is InChI=1S/C16H18N2O2S/c1-11-3-5-13(6-4-11)15-17-14(10-21-15)16(19)18-7-8-20-12(2)9-18/h3-6,10,12H,7-9H2,1-2H3/t12-/m1/s1. The molecule has 0 radical (unpaired) electrons. The Bertz CT molecular complexity index is 636. The van der Waals surface area contributed by atoms with Crippen LogP contribution in [0.5, 0.6) is 0 Å². The Balaban J connectivity index is 1.78. The highest BCUT2D eigenvalue weighted by molar-refractivity contribution is 7.13. The number of thiazole rings is 1. The van der Waals surface area contributed by atoms with Crippen molar-refractivity contribution in [3.05, 3.63) is 40.9 Å². The van der Waals surface area contributed by atoms with Gasteiger partial charge in [-0.25, -0.2) is 4.98 Å². The predicted octanol–water partition coefficient (Wildman–Crippen LogP) is 2.98. The van der Waals surface area contributed by atoms with Gasteiger partial charge in [0.2, 0.25) is 0 Å². The Hall–Kier alpha value is -1.72. The molecule has 1 aromatic carbocycles. The Kier molecular flexibility index (Phi) is 4.03. The number of nitrogens with zero attached hydrogens (tertiary/aromatic N) is 2. The van der Waals surface area contributed by atoms with Crippen LogP contribution in [-0.2, 0) is 4.74 Å². The smallest absolute Gasteiger partial charge is 0.273 e. The average Bonchev–Trinajstić information content (AvgIpc) is 2.97. The minimum atomic E-state index is -0.000221. The molecule has 1 saturated heterocycles. The summed E-state index contributed by atoms with van der Waals surface area (Å²) in [6, 6.07) is 8.20. The lowest BCUT2D eigenvalue weighted by Gasteiger charge is -2.30. The number of hydrogen-bond donors (Lipinski definition) is 0. The van der Waals surface area contributed by atoms with Crippen molar-refractivity contribution in [3.8, 4) is 10.6 Å². The maximum Gasteiger partial charge on any atom is 0.273 e. The first kappa shape index (κ1) is 14.2. The number of aryl methyl sites for hydroxylation is 1. The van der Waals surface area contributed by atoms with Crippen LogP contribution >= 0.6 is 11.3 Å². The van der Waals surface area contributed by atoms with E-state index >= 15 is 0 Å². The van der Waals surface area contributed by atoms with E-state index in [2.05, 4.69) is 24.0 Å². The highest BCUT2D eigenvalue weighted by Gasteiger charge is 2.24. The Morgan fingerprint density at radius 2 is 2.14 bits per heavy atom. The van der Waals surface area contributed by atoms with Crippen molar-refractivity contribution in [2.24, 2.45) is 0 Å². The second-order valence-electron chi connectivity index (χ2n) is 5.34. The fraction of sp³-hybridized carbons (Fsp3) is 0.375. The van der Waals surface area contributed by atoms with Gasteiger partial charge < -0.3 is 9.64 Å². The predicted molar refractivity (Wildman–Crippen MR) is 83.6 cm³/mol. The van der Waals surface area contributed by atoms with Crippen LogP contribution in [0, 0.1) is 6.92 Å². The zero-order chi connectivity index (χ0) is 14.8. The second kappa shape index (κ2) is 5.95. The summed E-state index contributed by atoms with van der Waals surface area (Å²) in [6.45, 7) is 5.91. The largest absolute Gasteiger partial charge is 0.375 e. The van der Waals surface area contributed by atoms with Gasteiger partial charge in [-0.15, -0.1) is 11.3 Å². The number of carbonyl (C=O) groups is 1. The van der Waals surface area contributed by atoms with Crippen molar-refractivity contribution in [1.82, 2.24) is 9.88 Å². The van der Waals surface area contributed by atoms with Gasteiger partial charge in [-0.2, -0.15) is 0 Å². The summed E-state index contributed by atoms with van der Waals surface area (Å²) in [7, 11) is 0. The van der Waals surface area contributed by atoms with Crippen LogP contribution < -0.4 is 0 Å². The third-order valence-corrected chi connectivity index (χ3v) is 4.44. The Morgan fingerprint density at radius 1 is 1.38 bits per heavy atom. The summed E-state index contributed by atoms with van der Waals surface area (Å²) < 4.78 is 5.47. The molecule has 0 unspecified atom stereocenters. The number of hydrogen-bond acceptors (Lipinski definition) is 4. The first-order valence-electron chi connectivity index (χ1n) is 7.07. The Morgan fingerprint density at radius 3 is 2.86 bits per heavy atom. The molecule has 0 N–H and O–H groups in total. The highest BCUT2D eigenvalue weighted by Crippen LogP contribution is 2.24. The lowest BCUT2D eigenvalue weighted by Crippen LogP contribution is -2.44. The van der Waals surface area contributed by atoms with Gasteiger partial charge in [0, 0.05) is 24.0 Å². The summed E-state index contributed by atoms with van der Waals surface area (Å²) >= 11 is 1.51. The van der Waals surface area contributed by atoms with Gasteiger partial charge in [-0.1, -0.05) is 29.8 Å². The first-order valence-corrected chi connectivity index (χ1v) is 7.95. The summed E-state index contributed by atoms with van der Waals surface area (Å²) in [5.41, 5.74) is 2.80. The van der Waals surface area contributed by atoms with E-state index in [0.29, 0.717) is 25.4 Å². The fourth-order valence-electron chi connectivity index (χ4n) is 2.37.